The number of nitrogens with zero attached hydrogens (tertiary/aromatic N) is 4. The summed E-state index contributed by atoms with van der Waals surface area (Å²) in [6, 6.07) is 0. The summed E-state index contributed by atoms with van der Waals surface area (Å²) in [6.07, 6.45) is 4.01. The molecule has 0 aliphatic rings. The lowest BCUT2D eigenvalue weighted by Gasteiger charge is -2.11. The van der Waals surface area contributed by atoms with Gasteiger partial charge in [-0.15, -0.1) is 0 Å². The molecule has 0 fully saturated rings. The predicted molar refractivity (Wildman–Crippen MR) is 89.8 cm³/mol. The Morgan fingerprint density at radius 3 is 2.60 bits per heavy atom. The Balaban J connectivity index is 2.55. The Bertz CT molecular complexity index is 579. The topological polar surface area (TPSA) is 55.6 Å². The molecule has 2 aromatic rings. The summed E-state index contributed by atoms with van der Waals surface area (Å²) < 4.78 is 2.93. The first-order chi connectivity index (χ1) is 9.56. The third-order valence-corrected chi connectivity index (χ3v) is 4.14. The molecule has 0 aliphatic carbocycles. The molecule has 0 bridgehead atoms. The van der Waals surface area contributed by atoms with E-state index >= 15 is 0 Å². The maximum Gasteiger partial charge on any atom is 0.165 e. The van der Waals surface area contributed by atoms with Crippen molar-refractivity contribution in [3.63, 3.8) is 0 Å². The van der Waals surface area contributed by atoms with E-state index in [0.717, 1.165) is 51.6 Å². The van der Waals surface area contributed by atoms with Crippen LogP contribution in [0.15, 0.2) is 6.20 Å². The van der Waals surface area contributed by atoms with Crippen molar-refractivity contribution >= 4 is 28.4 Å². The maximum atomic E-state index is 4.74. The van der Waals surface area contributed by atoms with Gasteiger partial charge in [0.15, 0.2) is 5.82 Å². The van der Waals surface area contributed by atoms with Crippen molar-refractivity contribution in [2.45, 2.75) is 33.6 Å². The Kier molecular flexibility index (Phi) is 4.95. The van der Waals surface area contributed by atoms with Crippen molar-refractivity contribution in [3.05, 3.63) is 21.2 Å². The van der Waals surface area contributed by atoms with Gasteiger partial charge in [-0.3, -0.25) is 4.68 Å². The van der Waals surface area contributed by atoms with Gasteiger partial charge in [0.25, 0.3) is 0 Å². The van der Waals surface area contributed by atoms with Gasteiger partial charge in [-0.05, 0) is 42.9 Å². The lowest BCUT2D eigenvalue weighted by atomic mass is 10.2. The minimum absolute atomic E-state index is 0.760. The summed E-state index contributed by atoms with van der Waals surface area (Å²) in [5.74, 6) is 1.68. The second-order valence-electron chi connectivity index (χ2n) is 4.74. The molecule has 0 spiro atoms. The van der Waals surface area contributed by atoms with Crippen LogP contribution in [0.1, 0.15) is 31.7 Å². The van der Waals surface area contributed by atoms with Gasteiger partial charge in [-0.1, -0.05) is 13.3 Å². The van der Waals surface area contributed by atoms with Gasteiger partial charge >= 0.3 is 0 Å². The van der Waals surface area contributed by atoms with E-state index in [4.69, 9.17) is 4.98 Å². The highest BCUT2D eigenvalue weighted by Gasteiger charge is 2.15. The van der Waals surface area contributed by atoms with Gasteiger partial charge in [-0.2, -0.15) is 5.10 Å². The Morgan fingerprint density at radius 2 is 2.05 bits per heavy atom. The summed E-state index contributed by atoms with van der Waals surface area (Å²) in [6.45, 7) is 7.08. The quantitative estimate of drug-likeness (QED) is 0.804. The van der Waals surface area contributed by atoms with Crippen molar-refractivity contribution in [1.82, 2.24) is 19.7 Å². The van der Waals surface area contributed by atoms with Crippen LogP contribution in [0.4, 0.5) is 5.82 Å². The fourth-order valence-corrected chi connectivity index (χ4v) is 2.82. The average Bonchev–Trinajstić information content (AvgIpc) is 2.74. The molecule has 0 unspecified atom stereocenters. The van der Waals surface area contributed by atoms with Crippen LogP contribution >= 0.6 is 22.6 Å². The number of hydrogen-bond acceptors (Lipinski definition) is 4. The van der Waals surface area contributed by atoms with Crippen LogP contribution in [-0.2, 0) is 13.5 Å². The Hall–Kier alpha value is -1.18. The lowest BCUT2D eigenvalue weighted by molar-refractivity contribution is 0.756. The summed E-state index contributed by atoms with van der Waals surface area (Å²) in [5.41, 5.74) is 3.07. The highest BCUT2D eigenvalue weighted by Crippen LogP contribution is 2.26. The van der Waals surface area contributed by atoms with E-state index in [9.17, 15) is 0 Å². The zero-order valence-electron chi connectivity index (χ0n) is 12.4. The molecule has 0 aromatic carbocycles. The van der Waals surface area contributed by atoms with Crippen molar-refractivity contribution < 1.29 is 0 Å². The van der Waals surface area contributed by atoms with Crippen LogP contribution in [0, 0.1) is 10.5 Å². The van der Waals surface area contributed by atoms with Crippen molar-refractivity contribution in [1.29, 1.82) is 0 Å². The molecule has 0 amide bonds. The average molecular weight is 385 g/mol. The van der Waals surface area contributed by atoms with E-state index in [1.807, 2.05) is 20.2 Å². The number of hydrogen-bond donors (Lipinski definition) is 1. The van der Waals surface area contributed by atoms with Gasteiger partial charge in [0.2, 0.25) is 0 Å². The SMILES string of the molecule is CCCc1nc(-c2cn(C)nc2C)nc(NCC)c1I. The molecule has 0 saturated heterocycles. The summed E-state index contributed by atoms with van der Waals surface area (Å²) in [4.78, 5) is 9.40. The number of aromatic nitrogens is 4. The third kappa shape index (κ3) is 3.11. The van der Waals surface area contributed by atoms with E-state index < -0.39 is 0 Å². The van der Waals surface area contributed by atoms with Crippen molar-refractivity contribution in [2.24, 2.45) is 7.05 Å². The van der Waals surface area contributed by atoms with E-state index in [0.29, 0.717) is 0 Å². The van der Waals surface area contributed by atoms with Crippen LogP contribution in [0.5, 0.6) is 0 Å². The monoisotopic (exact) mass is 385 g/mol. The highest BCUT2D eigenvalue weighted by molar-refractivity contribution is 14.1. The molecule has 108 valence electrons. The molecular weight excluding hydrogens is 365 g/mol. The van der Waals surface area contributed by atoms with Crippen molar-refractivity contribution in [3.8, 4) is 11.4 Å². The molecule has 6 heteroatoms. The van der Waals surface area contributed by atoms with E-state index in [1.165, 1.54) is 0 Å². The molecule has 0 atom stereocenters. The standard InChI is InChI=1S/C14H20IN5/c1-5-7-11-12(15)14(16-6-2)18-13(17-11)10-8-20(4)19-9(10)3/h8H,5-7H2,1-4H3,(H,16,17,18). The molecule has 0 saturated carbocycles. The van der Waals surface area contributed by atoms with Crippen LogP contribution in [0.25, 0.3) is 11.4 Å². The van der Waals surface area contributed by atoms with Crippen LogP contribution in [-0.4, -0.2) is 26.3 Å². The summed E-state index contributed by atoms with van der Waals surface area (Å²) in [5, 5.41) is 7.70. The van der Waals surface area contributed by atoms with E-state index in [-0.39, 0.29) is 0 Å². The molecule has 5 nitrogen and oxygen atoms in total. The first-order valence-corrected chi connectivity index (χ1v) is 7.95. The van der Waals surface area contributed by atoms with Crippen LogP contribution in [0.2, 0.25) is 0 Å². The number of aryl methyl sites for hydroxylation is 3. The van der Waals surface area contributed by atoms with Gasteiger partial charge in [-0.25, -0.2) is 9.97 Å². The molecule has 2 heterocycles. The normalized spacial score (nSPS) is 10.8. The first-order valence-electron chi connectivity index (χ1n) is 6.87. The third-order valence-electron chi connectivity index (χ3n) is 3.01. The number of halogens is 1. The predicted octanol–water partition coefficient (Wildman–Crippen LogP) is 3.17. The molecular formula is C14H20IN5. The van der Waals surface area contributed by atoms with E-state index in [1.54, 1.807) is 4.68 Å². The highest BCUT2D eigenvalue weighted by atomic mass is 127. The smallest absolute Gasteiger partial charge is 0.165 e. The fourth-order valence-electron chi connectivity index (χ4n) is 2.12. The van der Waals surface area contributed by atoms with Crippen LogP contribution in [0.3, 0.4) is 0 Å². The zero-order valence-corrected chi connectivity index (χ0v) is 14.5. The second kappa shape index (κ2) is 6.51. The number of nitrogens with one attached hydrogen (secondary N) is 1. The van der Waals surface area contributed by atoms with Gasteiger partial charge in [0, 0.05) is 19.8 Å². The number of anilines is 1. The lowest BCUT2D eigenvalue weighted by Crippen LogP contribution is -2.08. The molecule has 0 radical (unpaired) electrons. The van der Waals surface area contributed by atoms with Gasteiger partial charge in [0.1, 0.15) is 5.82 Å². The molecule has 1 N–H and O–H groups in total. The van der Waals surface area contributed by atoms with Crippen LogP contribution < -0.4 is 5.32 Å². The molecule has 2 aromatic heterocycles. The summed E-state index contributed by atoms with van der Waals surface area (Å²) in [7, 11) is 1.92. The molecule has 0 aliphatic heterocycles. The van der Waals surface area contributed by atoms with Gasteiger partial charge in [0.05, 0.1) is 20.5 Å². The first kappa shape index (κ1) is 15.2. The fraction of sp³-hybridized carbons (Fsp3) is 0.500. The minimum atomic E-state index is 0.760. The molecule has 20 heavy (non-hydrogen) atoms. The molecule has 2 rings (SSSR count). The Labute approximate surface area is 133 Å². The Morgan fingerprint density at radius 1 is 1.30 bits per heavy atom. The second-order valence-corrected chi connectivity index (χ2v) is 5.82. The minimum Gasteiger partial charge on any atom is -0.369 e. The maximum absolute atomic E-state index is 4.74. The number of rotatable bonds is 5. The largest absolute Gasteiger partial charge is 0.369 e. The van der Waals surface area contributed by atoms with Crippen molar-refractivity contribution in [2.75, 3.05) is 11.9 Å². The van der Waals surface area contributed by atoms with E-state index in [2.05, 4.69) is 51.8 Å². The zero-order chi connectivity index (χ0) is 14.7. The van der Waals surface area contributed by atoms with Gasteiger partial charge < -0.3 is 5.32 Å². The summed E-state index contributed by atoms with van der Waals surface area (Å²) >= 11 is 2.33.